The van der Waals surface area contributed by atoms with E-state index < -0.39 is 10.0 Å². The molecule has 0 aromatic heterocycles. The van der Waals surface area contributed by atoms with E-state index >= 15 is 0 Å². The Balaban J connectivity index is 2.39. The summed E-state index contributed by atoms with van der Waals surface area (Å²) < 4.78 is 28.1. The SMILES string of the molecule is O=S(=O)(Nc1cccc(Cl)c1Br)c1cccc(Br)c1. The minimum absolute atomic E-state index is 0.175. The Morgan fingerprint density at radius 3 is 2.42 bits per heavy atom. The molecule has 0 unspecified atom stereocenters. The molecule has 0 aliphatic carbocycles. The summed E-state index contributed by atoms with van der Waals surface area (Å²) in [7, 11) is -3.64. The number of anilines is 1. The van der Waals surface area contributed by atoms with Gasteiger partial charge >= 0.3 is 0 Å². The Morgan fingerprint density at radius 1 is 1.05 bits per heavy atom. The Bertz CT molecular complexity index is 719. The van der Waals surface area contributed by atoms with Crippen LogP contribution in [0.4, 0.5) is 5.69 Å². The van der Waals surface area contributed by atoms with Gasteiger partial charge in [0, 0.05) is 4.47 Å². The topological polar surface area (TPSA) is 46.2 Å². The van der Waals surface area contributed by atoms with Crippen LogP contribution in [0.25, 0.3) is 0 Å². The number of hydrogen-bond donors (Lipinski definition) is 1. The predicted molar refractivity (Wildman–Crippen MR) is 84.1 cm³/mol. The van der Waals surface area contributed by atoms with Crippen molar-refractivity contribution in [3.05, 3.63) is 56.4 Å². The first kappa shape index (κ1) is 14.8. The lowest BCUT2D eigenvalue weighted by molar-refractivity contribution is 0.601. The third kappa shape index (κ3) is 3.51. The number of sulfonamides is 1. The van der Waals surface area contributed by atoms with Crippen molar-refractivity contribution in [1.82, 2.24) is 0 Å². The molecular weight excluding hydrogens is 417 g/mol. The van der Waals surface area contributed by atoms with Crippen molar-refractivity contribution in [3.63, 3.8) is 0 Å². The molecule has 1 N–H and O–H groups in total. The van der Waals surface area contributed by atoms with Gasteiger partial charge in [-0.15, -0.1) is 0 Å². The second kappa shape index (κ2) is 5.83. The van der Waals surface area contributed by atoms with E-state index in [1.165, 1.54) is 12.1 Å². The number of hydrogen-bond acceptors (Lipinski definition) is 2. The number of benzene rings is 2. The van der Waals surface area contributed by atoms with Crippen LogP contribution in [-0.4, -0.2) is 8.42 Å². The van der Waals surface area contributed by atoms with Crippen LogP contribution in [0.2, 0.25) is 5.02 Å². The summed E-state index contributed by atoms with van der Waals surface area (Å²) in [5.41, 5.74) is 0.396. The molecule has 0 saturated carbocycles. The van der Waals surface area contributed by atoms with Crippen molar-refractivity contribution in [1.29, 1.82) is 0 Å². The Labute approximate surface area is 133 Å². The fourth-order valence-electron chi connectivity index (χ4n) is 1.42. The van der Waals surface area contributed by atoms with Crippen molar-refractivity contribution in [2.45, 2.75) is 4.90 Å². The van der Waals surface area contributed by atoms with E-state index in [9.17, 15) is 8.42 Å². The minimum atomic E-state index is -3.64. The van der Waals surface area contributed by atoms with Gasteiger partial charge in [0.15, 0.2) is 0 Å². The normalized spacial score (nSPS) is 11.3. The summed E-state index contributed by atoms with van der Waals surface area (Å²) in [5.74, 6) is 0. The van der Waals surface area contributed by atoms with Crippen molar-refractivity contribution < 1.29 is 8.42 Å². The van der Waals surface area contributed by atoms with Gasteiger partial charge in [-0.3, -0.25) is 4.72 Å². The maximum absolute atomic E-state index is 12.2. The lowest BCUT2D eigenvalue weighted by Gasteiger charge is -2.10. The molecule has 0 aliphatic rings. The van der Waals surface area contributed by atoms with E-state index in [1.54, 1.807) is 30.3 Å². The lowest BCUT2D eigenvalue weighted by Crippen LogP contribution is -2.13. The molecule has 19 heavy (non-hydrogen) atoms. The van der Waals surface area contributed by atoms with E-state index in [-0.39, 0.29) is 4.90 Å². The summed E-state index contributed by atoms with van der Waals surface area (Å²) in [5, 5.41) is 0.439. The highest BCUT2D eigenvalue weighted by molar-refractivity contribution is 9.11. The third-order valence-electron chi connectivity index (χ3n) is 2.30. The molecule has 7 heteroatoms. The molecule has 0 spiro atoms. The van der Waals surface area contributed by atoms with Crippen LogP contribution in [0.5, 0.6) is 0 Å². The Morgan fingerprint density at radius 2 is 1.74 bits per heavy atom. The maximum atomic E-state index is 12.2. The summed E-state index contributed by atoms with van der Waals surface area (Å²) >= 11 is 12.4. The highest BCUT2D eigenvalue weighted by atomic mass is 79.9. The number of rotatable bonds is 3. The standard InChI is InChI=1S/C12H8Br2ClNO2S/c13-8-3-1-4-9(7-8)19(17,18)16-11-6-2-5-10(15)12(11)14/h1-7,16H. The van der Waals surface area contributed by atoms with Gasteiger partial charge in [-0.05, 0) is 46.3 Å². The van der Waals surface area contributed by atoms with Gasteiger partial charge in [-0.1, -0.05) is 39.7 Å². The molecule has 3 nitrogen and oxygen atoms in total. The highest BCUT2D eigenvalue weighted by Crippen LogP contribution is 2.31. The lowest BCUT2D eigenvalue weighted by atomic mass is 10.3. The van der Waals surface area contributed by atoms with Crippen LogP contribution in [0.3, 0.4) is 0 Å². The molecule has 2 aromatic carbocycles. The summed E-state index contributed by atoms with van der Waals surface area (Å²) in [6.07, 6.45) is 0. The maximum Gasteiger partial charge on any atom is 0.261 e. The molecule has 100 valence electrons. The van der Waals surface area contributed by atoms with Gasteiger partial charge in [-0.2, -0.15) is 0 Å². The fourth-order valence-corrected chi connectivity index (χ4v) is 3.76. The zero-order valence-corrected chi connectivity index (χ0v) is 14.1. The van der Waals surface area contributed by atoms with E-state index in [0.29, 0.717) is 19.7 Å². The monoisotopic (exact) mass is 423 g/mol. The highest BCUT2D eigenvalue weighted by Gasteiger charge is 2.16. The number of halogens is 3. The first-order valence-corrected chi connectivity index (χ1v) is 8.57. The van der Waals surface area contributed by atoms with Crippen LogP contribution >= 0.6 is 43.5 Å². The van der Waals surface area contributed by atoms with Crippen LogP contribution in [0.15, 0.2) is 56.3 Å². The molecule has 0 fully saturated rings. The predicted octanol–water partition coefficient (Wildman–Crippen LogP) is 4.67. The van der Waals surface area contributed by atoms with E-state index in [4.69, 9.17) is 11.6 Å². The third-order valence-corrected chi connectivity index (χ3v) is 5.56. The molecule has 0 amide bonds. The van der Waals surface area contributed by atoms with Gasteiger partial charge < -0.3 is 0 Å². The smallest absolute Gasteiger partial charge is 0.261 e. The molecule has 0 heterocycles. The quantitative estimate of drug-likeness (QED) is 0.777. The second-order valence-corrected chi connectivity index (χ2v) is 7.46. The second-order valence-electron chi connectivity index (χ2n) is 3.66. The zero-order valence-electron chi connectivity index (χ0n) is 9.40. The van der Waals surface area contributed by atoms with Gasteiger partial charge in [-0.25, -0.2) is 8.42 Å². The van der Waals surface area contributed by atoms with Crippen molar-refractivity contribution in [3.8, 4) is 0 Å². The zero-order chi connectivity index (χ0) is 14.0. The van der Waals surface area contributed by atoms with Gasteiger partial charge in [0.25, 0.3) is 10.0 Å². The molecule has 2 rings (SSSR count). The van der Waals surface area contributed by atoms with Gasteiger partial charge in [0.05, 0.1) is 20.1 Å². The number of nitrogens with one attached hydrogen (secondary N) is 1. The van der Waals surface area contributed by atoms with Crippen molar-refractivity contribution in [2.24, 2.45) is 0 Å². The average molecular weight is 426 g/mol. The summed E-state index contributed by atoms with van der Waals surface area (Å²) in [4.78, 5) is 0.175. The Hall–Kier alpha value is -0.560. The van der Waals surface area contributed by atoms with Gasteiger partial charge in [0.2, 0.25) is 0 Å². The molecule has 0 radical (unpaired) electrons. The molecule has 0 aliphatic heterocycles. The molecule has 0 bridgehead atoms. The van der Waals surface area contributed by atoms with Crippen molar-refractivity contribution in [2.75, 3.05) is 4.72 Å². The minimum Gasteiger partial charge on any atom is -0.278 e. The van der Waals surface area contributed by atoms with Crippen LogP contribution < -0.4 is 4.72 Å². The van der Waals surface area contributed by atoms with E-state index in [1.807, 2.05) is 0 Å². The molecule has 0 saturated heterocycles. The first-order chi connectivity index (χ1) is 8.90. The van der Waals surface area contributed by atoms with Crippen LogP contribution in [0, 0.1) is 0 Å². The summed E-state index contributed by atoms with van der Waals surface area (Å²) in [6.45, 7) is 0. The van der Waals surface area contributed by atoms with E-state index in [2.05, 4.69) is 36.6 Å². The fraction of sp³-hybridized carbons (Fsp3) is 0. The van der Waals surface area contributed by atoms with Gasteiger partial charge in [0.1, 0.15) is 0 Å². The molecule has 0 atom stereocenters. The molecule has 2 aromatic rings. The van der Waals surface area contributed by atoms with E-state index in [0.717, 1.165) is 0 Å². The van der Waals surface area contributed by atoms with Crippen molar-refractivity contribution >= 4 is 59.2 Å². The largest absolute Gasteiger partial charge is 0.278 e. The average Bonchev–Trinajstić information content (AvgIpc) is 2.35. The first-order valence-electron chi connectivity index (χ1n) is 5.12. The Kier molecular flexibility index (Phi) is 4.55. The summed E-state index contributed by atoms with van der Waals surface area (Å²) in [6, 6.07) is 11.4. The molecular formula is C12H8Br2ClNO2S. The van der Waals surface area contributed by atoms with Crippen LogP contribution in [0.1, 0.15) is 0 Å². The van der Waals surface area contributed by atoms with Crippen LogP contribution in [-0.2, 0) is 10.0 Å².